The molecule has 1 aromatic carbocycles. The van der Waals surface area contributed by atoms with Gasteiger partial charge in [0.1, 0.15) is 6.04 Å². The minimum atomic E-state index is -0.570. The van der Waals surface area contributed by atoms with Gasteiger partial charge in [-0.3, -0.25) is 14.6 Å². The van der Waals surface area contributed by atoms with Gasteiger partial charge in [-0.2, -0.15) is 0 Å². The van der Waals surface area contributed by atoms with Crippen LogP contribution in [-0.4, -0.2) is 22.8 Å². The molecule has 2 aromatic rings. The zero-order chi connectivity index (χ0) is 23.7. The van der Waals surface area contributed by atoms with E-state index in [9.17, 15) is 9.59 Å². The Morgan fingerprint density at radius 2 is 1.62 bits per heavy atom. The summed E-state index contributed by atoms with van der Waals surface area (Å²) in [4.78, 5) is 30.2. The van der Waals surface area contributed by atoms with E-state index < -0.39 is 6.04 Å². The lowest BCUT2D eigenvalue weighted by molar-refractivity contribution is -0.123. The second-order valence-corrected chi connectivity index (χ2v) is 11.5. The van der Waals surface area contributed by atoms with Crippen molar-refractivity contribution in [1.29, 1.82) is 0 Å². The molecule has 0 spiro atoms. The number of rotatable bonds is 8. The van der Waals surface area contributed by atoms with E-state index in [4.69, 9.17) is 0 Å². The average Bonchev–Trinajstić information content (AvgIpc) is 2.82. The maximum atomic E-state index is 13.1. The molecule has 5 nitrogen and oxygen atoms in total. The van der Waals surface area contributed by atoms with Crippen molar-refractivity contribution in [1.82, 2.24) is 15.6 Å². The van der Waals surface area contributed by atoms with Crippen LogP contribution in [0.2, 0.25) is 0 Å². The molecule has 0 aliphatic heterocycles. The predicted octanol–water partition coefficient (Wildman–Crippen LogP) is 5.01. The topological polar surface area (TPSA) is 71.1 Å². The van der Waals surface area contributed by atoms with E-state index in [-0.39, 0.29) is 17.7 Å². The molecule has 1 aromatic heterocycles. The van der Waals surface area contributed by atoms with E-state index >= 15 is 0 Å². The van der Waals surface area contributed by atoms with Gasteiger partial charge in [0.25, 0.3) is 5.91 Å². The summed E-state index contributed by atoms with van der Waals surface area (Å²) >= 11 is 0. The molecule has 4 aliphatic rings. The first-order valence-corrected chi connectivity index (χ1v) is 13.0. The van der Waals surface area contributed by atoms with E-state index in [0.29, 0.717) is 23.9 Å². The third-order valence-corrected chi connectivity index (χ3v) is 8.30. The third-order valence-electron chi connectivity index (χ3n) is 8.30. The summed E-state index contributed by atoms with van der Waals surface area (Å²) in [6.07, 6.45) is 10.5. The van der Waals surface area contributed by atoms with Crippen molar-refractivity contribution in [2.45, 2.75) is 76.8 Å². The molecule has 0 saturated heterocycles. The van der Waals surface area contributed by atoms with Crippen molar-refractivity contribution in [2.75, 3.05) is 0 Å². The minimum Gasteiger partial charge on any atom is -0.349 e. The molecule has 2 N–H and O–H groups in total. The van der Waals surface area contributed by atoms with Crippen LogP contribution >= 0.6 is 0 Å². The van der Waals surface area contributed by atoms with Crippen LogP contribution in [0.4, 0.5) is 0 Å². The van der Waals surface area contributed by atoms with Gasteiger partial charge in [0, 0.05) is 11.8 Å². The number of aromatic nitrogens is 1. The highest BCUT2D eigenvalue weighted by atomic mass is 16.2. The van der Waals surface area contributed by atoms with Gasteiger partial charge in [0.15, 0.2) is 0 Å². The molecule has 0 radical (unpaired) electrons. The normalized spacial score (nSPS) is 28.0. The zero-order valence-electron chi connectivity index (χ0n) is 20.4. The summed E-state index contributed by atoms with van der Waals surface area (Å²) in [5, 5.41) is 5.91. The van der Waals surface area contributed by atoms with Crippen LogP contribution < -0.4 is 10.6 Å². The van der Waals surface area contributed by atoms with Gasteiger partial charge < -0.3 is 10.6 Å². The monoisotopic (exact) mass is 459 g/mol. The lowest BCUT2D eigenvalue weighted by atomic mass is 9.48. The van der Waals surface area contributed by atoms with Crippen molar-refractivity contribution in [3.05, 3.63) is 65.5 Å². The SMILES string of the molecule is CC(C)CC(NC(=O)c1ccc(C23CC4CC(CC(C4)C2)C3)cc1)C(=O)NCc1ccccn1. The van der Waals surface area contributed by atoms with E-state index in [1.807, 2.05) is 30.3 Å². The number of amides is 2. The third kappa shape index (κ3) is 4.89. The van der Waals surface area contributed by atoms with Crippen LogP contribution in [0.5, 0.6) is 0 Å². The highest BCUT2D eigenvalue weighted by Gasteiger charge is 2.51. The summed E-state index contributed by atoms with van der Waals surface area (Å²) in [5.74, 6) is 2.62. The lowest BCUT2D eigenvalue weighted by Crippen LogP contribution is -2.48. The van der Waals surface area contributed by atoms with E-state index in [1.165, 1.54) is 44.1 Å². The van der Waals surface area contributed by atoms with Gasteiger partial charge >= 0.3 is 0 Å². The second-order valence-electron chi connectivity index (χ2n) is 11.5. The Morgan fingerprint density at radius 1 is 0.971 bits per heavy atom. The molecule has 4 saturated carbocycles. The smallest absolute Gasteiger partial charge is 0.251 e. The Morgan fingerprint density at radius 3 is 2.18 bits per heavy atom. The molecule has 1 unspecified atom stereocenters. The van der Waals surface area contributed by atoms with Crippen LogP contribution in [0.1, 0.15) is 80.4 Å². The summed E-state index contributed by atoms with van der Waals surface area (Å²) in [6.45, 7) is 4.47. The fourth-order valence-electron chi connectivity index (χ4n) is 7.19. The standard InChI is InChI=1S/C29H37N3O2/c1-19(2)11-26(28(34)31-18-25-5-3-4-10-30-25)32-27(33)23-6-8-24(9-7-23)29-15-20-12-21(16-29)14-22(13-20)17-29/h3-10,19-22,26H,11-18H2,1-2H3,(H,31,34)(H,32,33). The van der Waals surface area contributed by atoms with Crippen LogP contribution in [0.15, 0.2) is 48.7 Å². The number of hydrogen-bond donors (Lipinski definition) is 2. The van der Waals surface area contributed by atoms with E-state index in [0.717, 1.165) is 23.4 Å². The van der Waals surface area contributed by atoms with Crippen LogP contribution in [0.25, 0.3) is 0 Å². The Kier molecular flexibility index (Phi) is 6.46. The first-order valence-electron chi connectivity index (χ1n) is 13.0. The number of hydrogen-bond acceptors (Lipinski definition) is 3. The number of carbonyl (C=O) groups is 2. The molecular weight excluding hydrogens is 422 g/mol. The quantitative estimate of drug-likeness (QED) is 0.583. The molecule has 5 heteroatoms. The minimum absolute atomic E-state index is 0.169. The average molecular weight is 460 g/mol. The van der Waals surface area contributed by atoms with Crippen LogP contribution in [-0.2, 0) is 16.8 Å². The Labute approximate surface area is 203 Å². The lowest BCUT2D eigenvalue weighted by Gasteiger charge is -2.57. The first-order chi connectivity index (χ1) is 16.4. The number of benzene rings is 1. The molecule has 4 bridgehead atoms. The van der Waals surface area contributed by atoms with Gasteiger partial charge in [-0.15, -0.1) is 0 Å². The molecule has 1 heterocycles. The fourth-order valence-corrected chi connectivity index (χ4v) is 7.19. The number of carbonyl (C=O) groups excluding carboxylic acids is 2. The zero-order valence-corrected chi connectivity index (χ0v) is 20.4. The first kappa shape index (κ1) is 23.1. The molecular formula is C29H37N3O2. The van der Waals surface area contributed by atoms with Crippen LogP contribution in [0, 0.1) is 23.7 Å². The molecule has 6 rings (SSSR count). The highest BCUT2D eigenvalue weighted by Crippen LogP contribution is 2.60. The van der Waals surface area contributed by atoms with Crippen molar-refractivity contribution in [3.63, 3.8) is 0 Å². The van der Waals surface area contributed by atoms with Gasteiger partial charge in [0.05, 0.1) is 12.2 Å². The van der Waals surface area contributed by atoms with E-state index in [2.05, 4.69) is 41.6 Å². The number of nitrogens with zero attached hydrogens (tertiary/aromatic N) is 1. The number of pyridine rings is 1. The second kappa shape index (κ2) is 9.52. The highest BCUT2D eigenvalue weighted by molar-refractivity contribution is 5.97. The van der Waals surface area contributed by atoms with Crippen LogP contribution in [0.3, 0.4) is 0 Å². The summed E-state index contributed by atoms with van der Waals surface area (Å²) in [5.41, 5.74) is 3.16. The van der Waals surface area contributed by atoms with Crippen molar-refractivity contribution < 1.29 is 9.59 Å². The van der Waals surface area contributed by atoms with Crippen molar-refractivity contribution in [3.8, 4) is 0 Å². The molecule has 2 amide bonds. The molecule has 1 atom stereocenters. The predicted molar refractivity (Wildman–Crippen MR) is 133 cm³/mol. The summed E-state index contributed by atoms with van der Waals surface area (Å²) in [6, 6.07) is 13.3. The Hall–Kier alpha value is -2.69. The van der Waals surface area contributed by atoms with Gasteiger partial charge in [-0.05, 0) is 104 Å². The molecule has 180 valence electrons. The molecule has 4 aliphatic carbocycles. The van der Waals surface area contributed by atoms with E-state index in [1.54, 1.807) is 6.20 Å². The number of nitrogens with one attached hydrogen (secondary N) is 2. The summed E-state index contributed by atoms with van der Waals surface area (Å²) in [7, 11) is 0. The van der Waals surface area contributed by atoms with Gasteiger partial charge in [-0.1, -0.05) is 32.0 Å². The maximum absolute atomic E-state index is 13.1. The van der Waals surface area contributed by atoms with Crippen molar-refractivity contribution >= 4 is 11.8 Å². The Bertz CT molecular complexity index is 980. The largest absolute Gasteiger partial charge is 0.349 e. The summed E-state index contributed by atoms with van der Waals surface area (Å²) < 4.78 is 0. The Balaban J connectivity index is 1.24. The fraction of sp³-hybridized carbons (Fsp3) is 0.552. The molecule has 34 heavy (non-hydrogen) atoms. The molecule has 4 fully saturated rings. The van der Waals surface area contributed by atoms with Crippen molar-refractivity contribution in [2.24, 2.45) is 23.7 Å². The maximum Gasteiger partial charge on any atom is 0.251 e. The van der Waals surface area contributed by atoms with Gasteiger partial charge in [-0.25, -0.2) is 0 Å². The van der Waals surface area contributed by atoms with Gasteiger partial charge in [0.2, 0.25) is 5.91 Å².